The highest BCUT2D eigenvalue weighted by Gasteiger charge is 2.44. The second-order valence-corrected chi connectivity index (χ2v) is 8.70. The van der Waals surface area contributed by atoms with E-state index in [2.05, 4.69) is 37.4 Å². The first-order valence-electron chi connectivity index (χ1n) is 8.24. The molecule has 2 aliphatic rings. The highest BCUT2D eigenvalue weighted by atomic mass is 35.5. The summed E-state index contributed by atoms with van der Waals surface area (Å²) in [7, 11) is 0. The van der Waals surface area contributed by atoms with E-state index in [-0.39, 0.29) is 11.0 Å². The van der Waals surface area contributed by atoms with Crippen molar-refractivity contribution in [2.75, 3.05) is 12.9 Å². The zero-order valence-corrected chi connectivity index (χ0v) is 16.2. The Kier molecular flexibility index (Phi) is 4.85. The molecule has 0 aromatic heterocycles. The van der Waals surface area contributed by atoms with Crippen LogP contribution in [0.4, 0.5) is 0 Å². The van der Waals surface area contributed by atoms with Crippen LogP contribution >= 0.6 is 23.4 Å². The number of thioether (sulfide) groups is 1. The summed E-state index contributed by atoms with van der Waals surface area (Å²) in [5, 5.41) is 6.04. The molecule has 0 spiro atoms. The topological polar surface area (TPSA) is 46.0 Å². The first kappa shape index (κ1) is 17.6. The fourth-order valence-electron chi connectivity index (χ4n) is 3.08. The van der Waals surface area contributed by atoms with Gasteiger partial charge in [-0.25, -0.2) is 4.99 Å². The highest BCUT2D eigenvalue weighted by molar-refractivity contribution is 8.13. The van der Waals surface area contributed by atoms with Gasteiger partial charge < -0.3 is 4.74 Å². The van der Waals surface area contributed by atoms with Crippen LogP contribution in [-0.4, -0.2) is 23.7 Å². The standard InChI is InChI=1S/C18H24ClN3OS/c1-17(2,3)11-23-14-8-7-12(10-13(14)19)18-9-5-6-15(18)21-22-16(20-18)24-4/h7-8,10H,5-6,9,11H2,1-4H3,(H,20,22)/t18-/m0/s1. The van der Waals surface area contributed by atoms with Gasteiger partial charge in [0.25, 0.3) is 0 Å². The van der Waals surface area contributed by atoms with Crippen LogP contribution in [0, 0.1) is 5.41 Å². The van der Waals surface area contributed by atoms with E-state index in [0.29, 0.717) is 11.6 Å². The minimum absolute atomic E-state index is 0.0958. The summed E-state index contributed by atoms with van der Waals surface area (Å²) in [6, 6.07) is 6.04. The van der Waals surface area contributed by atoms with Gasteiger partial charge in [0.2, 0.25) is 0 Å². The van der Waals surface area contributed by atoms with E-state index >= 15 is 0 Å². The Morgan fingerprint density at radius 3 is 2.83 bits per heavy atom. The number of benzene rings is 1. The molecule has 24 heavy (non-hydrogen) atoms. The lowest BCUT2D eigenvalue weighted by Gasteiger charge is -2.30. The third kappa shape index (κ3) is 3.42. The molecule has 1 aromatic rings. The van der Waals surface area contributed by atoms with Gasteiger partial charge in [-0.05, 0) is 48.6 Å². The van der Waals surface area contributed by atoms with Crippen LogP contribution in [0.3, 0.4) is 0 Å². The van der Waals surface area contributed by atoms with Crippen molar-refractivity contribution in [3.63, 3.8) is 0 Å². The molecule has 1 atom stereocenters. The van der Waals surface area contributed by atoms with Crippen molar-refractivity contribution in [3.8, 4) is 5.75 Å². The van der Waals surface area contributed by atoms with Crippen molar-refractivity contribution < 1.29 is 4.74 Å². The van der Waals surface area contributed by atoms with Crippen LogP contribution in [0.5, 0.6) is 5.75 Å². The second kappa shape index (κ2) is 6.60. The molecule has 6 heteroatoms. The molecule has 1 heterocycles. The molecule has 130 valence electrons. The number of hydrogen-bond donors (Lipinski definition) is 1. The van der Waals surface area contributed by atoms with Crippen molar-refractivity contribution >= 4 is 34.2 Å². The summed E-state index contributed by atoms with van der Waals surface area (Å²) in [5.74, 6) is 0.728. The maximum absolute atomic E-state index is 6.50. The van der Waals surface area contributed by atoms with Crippen molar-refractivity contribution in [1.82, 2.24) is 5.43 Å². The molecule has 0 radical (unpaired) electrons. The number of hydrazone groups is 1. The van der Waals surface area contributed by atoms with E-state index in [1.165, 1.54) is 0 Å². The number of nitrogens with zero attached hydrogens (tertiary/aromatic N) is 2. The van der Waals surface area contributed by atoms with Gasteiger partial charge in [0.15, 0.2) is 5.17 Å². The molecular formula is C18H24ClN3OS. The van der Waals surface area contributed by atoms with Gasteiger partial charge in [0.05, 0.1) is 17.3 Å². The zero-order valence-electron chi connectivity index (χ0n) is 14.6. The summed E-state index contributed by atoms with van der Waals surface area (Å²) < 4.78 is 5.88. The Bertz CT molecular complexity index is 696. The molecule has 1 fully saturated rings. The van der Waals surface area contributed by atoms with Gasteiger partial charge in [-0.1, -0.05) is 50.2 Å². The average Bonchev–Trinajstić information content (AvgIpc) is 2.96. The summed E-state index contributed by atoms with van der Waals surface area (Å²) in [4.78, 5) is 4.96. The van der Waals surface area contributed by atoms with Gasteiger partial charge in [0, 0.05) is 0 Å². The molecule has 0 saturated heterocycles. The Hall–Kier alpha value is -1.20. The molecule has 1 N–H and O–H groups in total. The van der Waals surface area contributed by atoms with E-state index in [1.54, 1.807) is 11.8 Å². The molecule has 1 aliphatic heterocycles. The largest absolute Gasteiger partial charge is 0.491 e. The summed E-state index contributed by atoms with van der Waals surface area (Å²) in [6.45, 7) is 7.05. The number of halogens is 1. The molecule has 0 unspecified atom stereocenters. The third-order valence-electron chi connectivity index (χ3n) is 4.27. The second-order valence-electron chi connectivity index (χ2n) is 7.50. The normalized spacial score (nSPS) is 23.2. The molecule has 3 rings (SSSR count). The van der Waals surface area contributed by atoms with E-state index in [9.17, 15) is 0 Å². The van der Waals surface area contributed by atoms with Crippen LogP contribution in [0.25, 0.3) is 0 Å². The number of hydrogen-bond acceptors (Lipinski definition) is 5. The first-order valence-corrected chi connectivity index (χ1v) is 9.84. The Morgan fingerprint density at radius 2 is 2.17 bits per heavy atom. The Labute approximate surface area is 153 Å². The van der Waals surface area contributed by atoms with Crippen molar-refractivity contribution in [1.29, 1.82) is 0 Å². The lowest BCUT2D eigenvalue weighted by molar-refractivity contribution is 0.198. The fraction of sp³-hybridized carbons (Fsp3) is 0.556. The number of rotatable bonds is 3. The van der Waals surface area contributed by atoms with Crippen molar-refractivity contribution in [2.24, 2.45) is 15.5 Å². The average molecular weight is 366 g/mol. The number of aliphatic imine (C=N–C) groups is 1. The predicted molar refractivity (Wildman–Crippen MR) is 103 cm³/mol. The van der Waals surface area contributed by atoms with E-state index < -0.39 is 0 Å². The van der Waals surface area contributed by atoms with Crippen LogP contribution in [0.2, 0.25) is 5.02 Å². The quantitative estimate of drug-likeness (QED) is 0.835. The fourth-order valence-corrected chi connectivity index (χ4v) is 3.70. The lowest BCUT2D eigenvalue weighted by Crippen LogP contribution is -2.37. The predicted octanol–water partition coefficient (Wildman–Crippen LogP) is 4.82. The lowest BCUT2D eigenvalue weighted by atomic mass is 9.87. The first-order chi connectivity index (χ1) is 11.3. The Morgan fingerprint density at radius 1 is 1.38 bits per heavy atom. The smallest absolute Gasteiger partial charge is 0.178 e. The SMILES string of the molecule is CSC1=N[C@]2(c3ccc(OCC(C)(C)C)c(Cl)c3)CCCC2=NN1. The molecule has 1 aromatic carbocycles. The molecule has 0 bridgehead atoms. The Balaban J connectivity index is 1.92. The van der Waals surface area contributed by atoms with Crippen LogP contribution < -0.4 is 10.2 Å². The minimum Gasteiger partial charge on any atom is -0.491 e. The van der Waals surface area contributed by atoms with Crippen molar-refractivity contribution in [2.45, 2.75) is 45.6 Å². The maximum atomic E-state index is 6.50. The molecule has 4 nitrogen and oxygen atoms in total. The van der Waals surface area contributed by atoms with Crippen LogP contribution in [-0.2, 0) is 5.54 Å². The van der Waals surface area contributed by atoms with Gasteiger partial charge >= 0.3 is 0 Å². The monoisotopic (exact) mass is 365 g/mol. The summed E-state index contributed by atoms with van der Waals surface area (Å²) in [6.07, 6.45) is 5.03. The highest BCUT2D eigenvalue weighted by Crippen LogP contribution is 2.44. The van der Waals surface area contributed by atoms with Gasteiger partial charge in [-0.3, -0.25) is 5.43 Å². The van der Waals surface area contributed by atoms with E-state index in [0.717, 1.165) is 41.5 Å². The zero-order chi connectivity index (χ0) is 17.4. The van der Waals surface area contributed by atoms with Crippen molar-refractivity contribution in [3.05, 3.63) is 28.8 Å². The number of nitrogens with one attached hydrogen (secondary N) is 1. The molecule has 1 saturated carbocycles. The van der Waals surface area contributed by atoms with E-state index in [1.807, 2.05) is 18.4 Å². The number of fused-ring (bicyclic) bond motifs is 1. The van der Waals surface area contributed by atoms with E-state index in [4.69, 9.17) is 21.3 Å². The molecule has 0 amide bonds. The number of ether oxygens (including phenoxy) is 1. The van der Waals surface area contributed by atoms with Crippen LogP contribution in [0.1, 0.15) is 45.6 Å². The van der Waals surface area contributed by atoms with Crippen LogP contribution in [0.15, 0.2) is 28.3 Å². The maximum Gasteiger partial charge on any atom is 0.178 e. The minimum atomic E-state index is -0.365. The van der Waals surface area contributed by atoms with Gasteiger partial charge in [-0.15, -0.1) is 0 Å². The summed E-state index contributed by atoms with van der Waals surface area (Å²) in [5.41, 5.74) is 4.97. The molecule has 1 aliphatic carbocycles. The molecular weight excluding hydrogens is 342 g/mol. The number of amidine groups is 1. The van der Waals surface area contributed by atoms with Gasteiger partial charge in [-0.2, -0.15) is 5.10 Å². The van der Waals surface area contributed by atoms with Gasteiger partial charge in [0.1, 0.15) is 11.3 Å². The third-order valence-corrected chi connectivity index (χ3v) is 5.14. The summed E-state index contributed by atoms with van der Waals surface area (Å²) >= 11 is 8.08.